The Labute approximate surface area is 196 Å². The van der Waals surface area contributed by atoms with Gasteiger partial charge < -0.3 is 4.90 Å². The van der Waals surface area contributed by atoms with Crippen LogP contribution in [0.4, 0.5) is 0 Å². The lowest BCUT2D eigenvalue weighted by atomic mass is 9.98. The van der Waals surface area contributed by atoms with Crippen molar-refractivity contribution in [2.75, 3.05) is 39.3 Å². The molecule has 0 saturated carbocycles. The Bertz CT molecular complexity index is 1170. The molecule has 1 fully saturated rings. The minimum Gasteiger partial charge on any atom is -0.339 e. The zero-order chi connectivity index (χ0) is 22.1. The number of sulfonamides is 1. The molecule has 1 amide bonds. The standard InChI is InChI=1S/C23H25N3O3S3/c27-22(24-11-13-26(14-12-24)32(28,29)18-5-2-1-3-6-18)17-25-10-8-20-19(9-16-31-20)23(25)21-7-4-15-30-21/h1-7,9,15-16,23H,8,10-14,17H2. The van der Waals surface area contributed by atoms with Crippen molar-refractivity contribution >= 4 is 38.6 Å². The fourth-order valence-electron chi connectivity index (χ4n) is 4.51. The SMILES string of the molecule is O=C(CN1CCc2sccc2C1c1cccs1)N1CCN(S(=O)(=O)c2ccccc2)CC1. The Morgan fingerprint density at radius 3 is 2.41 bits per heavy atom. The summed E-state index contributed by atoms with van der Waals surface area (Å²) in [7, 11) is -3.52. The number of rotatable bonds is 5. The molecule has 0 aliphatic carbocycles. The van der Waals surface area contributed by atoms with E-state index in [-0.39, 0.29) is 11.9 Å². The molecule has 168 valence electrons. The molecule has 1 saturated heterocycles. The summed E-state index contributed by atoms with van der Waals surface area (Å²) in [6.07, 6.45) is 0.964. The van der Waals surface area contributed by atoms with Crippen molar-refractivity contribution in [3.05, 3.63) is 74.6 Å². The average Bonchev–Trinajstić information content (AvgIpc) is 3.52. The van der Waals surface area contributed by atoms with Crippen LogP contribution in [0.1, 0.15) is 21.4 Å². The van der Waals surface area contributed by atoms with Gasteiger partial charge in [-0.3, -0.25) is 9.69 Å². The topological polar surface area (TPSA) is 60.9 Å². The molecular weight excluding hydrogens is 462 g/mol. The number of carbonyl (C=O) groups excluding carboxylic acids is 1. The number of benzene rings is 1. The maximum atomic E-state index is 13.2. The van der Waals surface area contributed by atoms with Crippen LogP contribution in [0.15, 0.2) is 64.2 Å². The number of hydrogen-bond acceptors (Lipinski definition) is 6. The minimum atomic E-state index is -3.52. The second kappa shape index (κ2) is 9.07. The van der Waals surface area contributed by atoms with Gasteiger partial charge in [0.15, 0.2) is 0 Å². The maximum absolute atomic E-state index is 13.2. The van der Waals surface area contributed by atoms with Crippen LogP contribution < -0.4 is 0 Å². The Hall–Kier alpha value is -2.04. The van der Waals surface area contributed by atoms with Gasteiger partial charge in [-0.1, -0.05) is 24.3 Å². The minimum absolute atomic E-state index is 0.0713. The Balaban J connectivity index is 1.25. The molecular formula is C23H25N3O3S3. The summed E-state index contributed by atoms with van der Waals surface area (Å²) >= 11 is 3.52. The zero-order valence-electron chi connectivity index (χ0n) is 17.6. The second-order valence-electron chi connectivity index (χ2n) is 8.04. The summed E-state index contributed by atoms with van der Waals surface area (Å²) in [4.78, 5) is 20.2. The lowest BCUT2D eigenvalue weighted by Gasteiger charge is -2.38. The van der Waals surface area contributed by atoms with Crippen molar-refractivity contribution in [2.45, 2.75) is 17.4 Å². The first-order valence-corrected chi connectivity index (χ1v) is 13.9. The molecule has 1 atom stereocenters. The van der Waals surface area contributed by atoms with Gasteiger partial charge in [0.2, 0.25) is 15.9 Å². The highest BCUT2D eigenvalue weighted by atomic mass is 32.2. The average molecular weight is 488 g/mol. The molecule has 3 aromatic rings. The number of carbonyl (C=O) groups is 1. The number of fused-ring (bicyclic) bond motifs is 1. The van der Waals surface area contributed by atoms with E-state index < -0.39 is 10.0 Å². The molecule has 5 rings (SSSR count). The first-order chi connectivity index (χ1) is 15.5. The number of piperazine rings is 1. The van der Waals surface area contributed by atoms with Gasteiger partial charge in [-0.2, -0.15) is 4.31 Å². The summed E-state index contributed by atoms with van der Waals surface area (Å²) < 4.78 is 27.2. The van der Waals surface area contributed by atoms with E-state index in [1.165, 1.54) is 19.6 Å². The van der Waals surface area contributed by atoms with E-state index in [1.54, 1.807) is 53.0 Å². The van der Waals surface area contributed by atoms with Crippen LogP contribution in [-0.4, -0.2) is 67.7 Å². The van der Waals surface area contributed by atoms with E-state index in [4.69, 9.17) is 0 Å². The number of thiophene rings is 2. The molecule has 0 bridgehead atoms. The Morgan fingerprint density at radius 2 is 1.69 bits per heavy atom. The van der Waals surface area contributed by atoms with Crippen molar-refractivity contribution in [3.8, 4) is 0 Å². The molecule has 2 aliphatic heterocycles. The summed E-state index contributed by atoms with van der Waals surface area (Å²) in [5.74, 6) is 0.0713. The zero-order valence-corrected chi connectivity index (χ0v) is 20.0. The molecule has 0 radical (unpaired) electrons. The van der Waals surface area contributed by atoms with Crippen LogP contribution in [-0.2, 0) is 21.2 Å². The molecule has 1 unspecified atom stereocenters. The molecule has 0 spiro atoms. The van der Waals surface area contributed by atoms with Gasteiger partial charge in [0.25, 0.3) is 0 Å². The van der Waals surface area contributed by atoms with Crippen LogP contribution in [0, 0.1) is 0 Å². The highest BCUT2D eigenvalue weighted by Gasteiger charge is 2.34. The summed E-state index contributed by atoms with van der Waals surface area (Å²) in [5, 5.41) is 4.23. The van der Waals surface area contributed by atoms with Gasteiger partial charge >= 0.3 is 0 Å². The molecule has 4 heterocycles. The van der Waals surface area contributed by atoms with Crippen LogP contribution in [0.5, 0.6) is 0 Å². The maximum Gasteiger partial charge on any atom is 0.243 e. The quantitative estimate of drug-likeness (QED) is 0.554. The van der Waals surface area contributed by atoms with Gasteiger partial charge in [0, 0.05) is 42.5 Å². The van der Waals surface area contributed by atoms with E-state index >= 15 is 0 Å². The van der Waals surface area contributed by atoms with Crippen LogP contribution in [0.2, 0.25) is 0 Å². The van der Waals surface area contributed by atoms with Crippen LogP contribution in [0.3, 0.4) is 0 Å². The second-order valence-corrected chi connectivity index (χ2v) is 12.0. The van der Waals surface area contributed by atoms with E-state index in [1.807, 2.05) is 4.90 Å². The molecule has 6 nitrogen and oxygen atoms in total. The van der Waals surface area contributed by atoms with Crippen LogP contribution in [0.25, 0.3) is 0 Å². The van der Waals surface area contributed by atoms with Crippen molar-refractivity contribution in [1.82, 2.24) is 14.1 Å². The first-order valence-electron chi connectivity index (χ1n) is 10.7. The molecule has 2 aromatic heterocycles. The van der Waals surface area contributed by atoms with E-state index in [0.717, 1.165) is 13.0 Å². The normalized spacial score (nSPS) is 20.2. The third-order valence-electron chi connectivity index (χ3n) is 6.19. The molecule has 9 heteroatoms. The summed E-state index contributed by atoms with van der Waals surface area (Å²) in [5.41, 5.74) is 1.32. The highest BCUT2D eigenvalue weighted by molar-refractivity contribution is 7.89. The number of nitrogens with zero attached hydrogens (tertiary/aromatic N) is 3. The lowest BCUT2D eigenvalue weighted by molar-refractivity contribution is -0.134. The van der Waals surface area contributed by atoms with Gasteiger partial charge in [-0.15, -0.1) is 22.7 Å². The van der Waals surface area contributed by atoms with Gasteiger partial charge in [-0.25, -0.2) is 8.42 Å². The van der Waals surface area contributed by atoms with Gasteiger partial charge in [-0.05, 0) is 47.0 Å². The van der Waals surface area contributed by atoms with E-state index in [9.17, 15) is 13.2 Å². The summed E-state index contributed by atoms with van der Waals surface area (Å²) in [6.45, 7) is 2.70. The predicted molar refractivity (Wildman–Crippen MR) is 128 cm³/mol. The molecule has 2 aliphatic rings. The van der Waals surface area contributed by atoms with Crippen molar-refractivity contribution in [1.29, 1.82) is 0 Å². The van der Waals surface area contributed by atoms with Gasteiger partial charge in [0.05, 0.1) is 17.5 Å². The lowest BCUT2D eigenvalue weighted by Crippen LogP contribution is -2.53. The predicted octanol–water partition coefficient (Wildman–Crippen LogP) is 3.29. The Kier molecular flexibility index (Phi) is 6.18. The third-order valence-corrected chi connectivity index (χ3v) is 10.0. The highest BCUT2D eigenvalue weighted by Crippen LogP contribution is 2.39. The van der Waals surface area contributed by atoms with E-state index in [2.05, 4.69) is 33.9 Å². The van der Waals surface area contributed by atoms with Crippen molar-refractivity contribution in [2.24, 2.45) is 0 Å². The molecule has 32 heavy (non-hydrogen) atoms. The molecule has 0 N–H and O–H groups in total. The summed E-state index contributed by atoms with van der Waals surface area (Å²) in [6, 6.07) is 15.0. The number of hydrogen-bond donors (Lipinski definition) is 0. The Morgan fingerprint density at radius 1 is 0.906 bits per heavy atom. The van der Waals surface area contributed by atoms with Crippen molar-refractivity contribution < 1.29 is 13.2 Å². The first kappa shape index (κ1) is 21.8. The fraction of sp³-hybridized carbons (Fsp3) is 0.348. The van der Waals surface area contributed by atoms with Crippen molar-refractivity contribution in [3.63, 3.8) is 0 Å². The van der Waals surface area contributed by atoms with E-state index in [0.29, 0.717) is 37.6 Å². The molecule has 1 aromatic carbocycles. The number of amides is 1. The third kappa shape index (κ3) is 4.15. The largest absolute Gasteiger partial charge is 0.339 e. The van der Waals surface area contributed by atoms with Crippen LogP contribution >= 0.6 is 22.7 Å². The smallest absolute Gasteiger partial charge is 0.243 e. The van der Waals surface area contributed by atoms with Gasteiger partial charge in [0.1, 0.15) is 0 Å². The monoisotopic (exact) mass is 487 g/mol. The fourth-order valence-corrected chi connectivity index (χ4v) is 7.74.